The van der Waals surface area contributed by atoms with E-state index in [1.54, 1.807) is 0 Å². The molecule has 0 heterocycles. The number of carbonyl (C=O) groups is 1. The highest BCUT2D eigenvalue weighted by Gasteiger charge is 2.03. The Hall–Kier alpha value is -0.830. The lowest BCUT2D eigenvalue weighted by Gasteiger charge is -2.07. The molecule has 0 aliphatic heterocycles. The summed E-state index contributed by atoms with van der Waals surface area (Å²) in [7, 11) is 0. The quantitative estimate of drug-likeness (QED) is 0.633. The Bertz CT molecular complexity index is 383. The van der Waals surface area contributed by atoms with E-state index >= 15 is 0 Å². The fraction of sp³-hybridized carbons (Fsp3) is 0.562. The number of rotatable bonds is 8. The first-order chi connectivity index (χ1) is 9.11. The first kappa shape index (κ1) is 16.2. The maximum Gasteiger partial charge on any atom is 0.224 e. The summed E-state index contributed by atoms with van der Waals surface area (Å²) in [6.07, 6.45) is 7.89. The number of benzene rings is 1. The summed E-state index contributed by atoms with van der Waals surface area (Å²) in [6.45, 7) is 4.24. The molecule has 0 fully saturated rings. The van der Waals surface area contributed by atoms with Gasteiger partial charge in [-0.15, -0.1) is 0 Å². The van der Waals surface area contributed by atoms with Crippen LogP contribution in [0.2, 0.25) is 0 Å². The molecule has 0 atom stereocenters. The number of halogens is 1. The lowest BCUT2D eigenvalue weighted by atomic mass is 10.1. The molecule has 0 bridgehead atoms. The molecule has 0 saturated heterocycles. The van der Waals surface area contributed by atoms with Crippen LogP contribution in [0, 0.1) is 6.92 Å². The molecule has 106 valence electrons. The molecular weight excluding hydrogens is 302 g/mol. The molecule has 1 N–H and O–H groups in total. The van der Waals surface area contributed by atoms with Crippen molar-refractivity contribution in [3.05, 3.63) is 28.2 Å². The number of amides is 1. The van der Waals surface area contributed by atoms with Gasteiger partial charge in [-0.3, -0.25) is 4.79 Å². The Morgan fingerprint density at radius 1 is 1.11 bits per heavy atom. The fourth-order valence-electron chi connectivity index (χ4n) is 2.10. The van der Waals surface area contributed by atoms with E-state index in [4.69, 9.17) is 0 Å². The van der Waals surface area contributed by atoms with Crippen LogP contribution in [0.4, 0.5) is 5.69 Å². The molecule has 1 aromatic rings. The van der Waals surface area contributed by atoms with E-state index in [0.717, 1.165) is 28.6 Å². The van der Waals surface area contributed by atoms with E-state index < -0.39 is 0 Å². The van der Waals surface area contributed by atoms with E-state index in [2.05, 4.69) is 28.2 Å². The Labute approximate surface area is 125 Å². The summed E-state index contributed by atoms with van der Waals surface area (Å²) >= 11 is 3.44. The van der Waals surface area contributed by atoms with E-state index in [1.807, 2.05) is 25.1 Å². The van der Waals surface area contributed by atoms with Crippen LogP contribution in [0.5, 0.6) is 0 Å². The van der Waals surface area contributed by atoms with Crippen molar-refractivity contribution in [2.45, 2.75) is 58.8 Å². The highest BCUT2D eigenvalue weighted by molar-refractivity contribution is 9.10. The van der Waals surface area contributed by atoms with Crippen LogP contribution in [0.1, 0.15) is 57.4 Å². The Morgan fingerprint density at radius 3 is 2.47 bits per heavy atom. The van der Waals surface area contributed by atoms with Crippen LogP contribution < -0.4 is 5.32 Å². The van der Waals surface area contributed by atoms with Gasteiger partial charge in [-0.05, 0) is 37.1 Å². The van der Waals surface area contributed by atoms with Crippen LogP contribution >= 0.6 is 15.9 Å². The third-order valence-corrected chi connectivity index (χ3v) is 3.54. The smallest absolute Gasteiger partial charge is 0.224 e. The van der Waals surface area contributed by atoms with Gasteiger partial charge in [0.1, 0.15) is 0 Å². The van der Waals surface area contributed by atoms with Crippen molar-refractivity contribution in [3.8, 4) is 0 Å². The number of hydrogen-bond donors (Lipinski definition) is 1. The molecule has 0 radical (unpaired) electrons. The highest BCUT2D eigenvalue weighted by Crippen LogP contribution is 2.19. The van der Waals surface area contributed by atoms with Crippen LogP contribution in [0.3, 0.4) is 0 Å². The molecule has 0 aliphatic rings. The van der Waals surface area contributed by atoms with E-state index in [-0.39, 0.29) is 5.91 Å². The second-order valence-electron chi connectivity index (χ2n) is 5.08. The Balaban J connectivity index is 2.23. The molecule has 0 saturated carbocycles. The van der Waals surface area contributed by atoms with Crippen molar-refractivity contribution < 1.29 is 4.79 Å². The number of hydrogen-bond acceptors (Lipinski definition) is 1. The third kappa shape index (κ3) is 7.36. The molecule has 1 rings (SSSR count). The summed E-state index contributed by atoms with van der Waals surface area (Å²) in [4.78, 5) is 11.8. The van der Waals surface area contributed by atoms with Gasteiger partial charge in [-0.1, -0.05) is 55.0 Å². The maximum absolute atomic E-state index is 11.8. The Kier molecular flexibility index (Phi) is 7.80. The van der Waals surface area contributed by atoms with Crippen LogP contribution in [0.15, 0.2) is 22.7 Å². The van der Waals surface area contributed by atoms with Crippen LogP contribution in [-0.4, -0.2) is 5.91 Å². The second-order valence-corrected chi connectivity index (χ2v) is 6.00. The highest BCUT2D eigenvalue weighted by atomic mass is 79.9. The molecule has 1 amide bonds. The summed E-state index contributed by atoms with van der Waals surface area (Å²) in [6, 6.07) is 5.96. The standard InChI is InChI=1S/C16H24BrNO/c1-3-4-5-6-7-8-9-16(19)18-15-11-13(2)10-14(17)12-15/h10-12H,3-9H2,1-2H3,(H,18,19). The largest absolute Gasteiger partial charge is 0.326 e. The molecular formula is C16H24BrNO. The molecule has 3 heteroatoms. The molecule has 0 unspecified atom stereocenters. The topological polar surface area (TPSA) is 29.1 Å². The first-order valence-corrected chi connectivity index (χ1v) is 7.98. The van der Waals surface area contributed by atoms with Gasteiger partial charge in [0, 0.05) is 16.6 Å². The van der Waals surface area contributed by atoms with Crippen molar-refractivity contribution in [3.63, 3.8) is 0 Å². The average molecular weight is 326 g/mol. The van der Waals surface area contributed by atoms with E-state index in [9.17, 15) is 4.79 Å². The predicted molar refractivity (Wildman–Crippen MR) is 85.5 cm³/mol. The molecule has 2 nitrogen and oxygen atoms in total. The van der Waals surface area contributed by atoms with Gasteiger partial charge >= 0.3 is 0 Å². The molecule has 0 aliphatic carbocycles. The number of aryl methyl sites for hydroxylation is 1. The predicted octanol–water partition coefficient (Wildman–Crippen LogP) is 5.45. The van der Waals surface area contributed by atoms with Gasteiger partial charge in [-0.25, -0.2) is 0 Å². The number of nitrogens with one attached hydrogen (secondary N) is 1. The van der Waals surface area contributed by atoms with Crippen LogP contribution in [-0.2, 0) is 4.79 Å². The molecule has 0 spiro atoms. The van der Waals surface area contributed by atoms with Gasteiger partial charge < -0.3 is 5.32 Å². The van der Waals surface area contributed by atoms with Gasteiger partial charge in [0.15, 0.2) is 0 Å². The van der Waals surface area contributed by atoms with E-state index in [1.165, 1.54) is 25.7 Å². The molecule has 1 aromatic carbocycles. The summed E-state index contributed by atoms with van der Waals surface area (Å²) in [5.41, 5.74) is 2.02. The molecule has 0 aromatic heterocycles. The normalized spacial score (nSPS) is 10.5. The number of anilines is 1. The fourth-order valence-corrected chi connectivity index (χ4v) is 2.71. The SMILES string of the molecule is CCCCCCCCC(=O)Nc1cc(C)cc(Br)c1. The second kappa shape index (κ2) is 9.13. The molecule has 19 heavy (non-hydrogen) atoms. The Morgan fingerprint density at radius 2 is 1.79 bits per heavy atom. The van der Waals surface area contributed by atoms with Gasteiger partial charge in [0.2, 0.25) is 5.91 Å². The van der Waals surface area contributed by atoms with Crippen molar-refractivity contribution in [1.29, 1.82) is 0 Å². The van der Waals surface area contributed by atoms with Crippen molar-refractivity contribution in [2.75, 3.05) is 5.32 Å². The van der Waals surface area contributed by atoms with Crippen molar-refractivity contribution in [2.24, 2.45) is 0 Å². The van der Waals surface area contributed by atoms with Gasteiger partial charge in [-0.2, -0.15) is 0 Å². The number of unbranched alkanes of at least 4 members (excludes halogenated alkanes) is 5. The first-order valence-electron chi connectivity index (χ1n) is 7.19. The monoisotopic (exact) mass is 325 g/mol. The minimum Gasteiger partial charge on any atom is -0.326 e. The lowest BCUT2D eigenvalue weighted by Crippen LogP contribution is -2.11. The van der Waals surface area contributed by atoms with Gasteiger partial charge in [0.25, 0.3) is 0 Å². The van der Waals surface area contributed by atoms with Crippen molar-refractivity contribution in [1.82, 2.24) is 0 Å². The van der Waals surface area contributed by atoms with Crippen LogP contribution in [0.25, 0.3) is 0 Å². The zero-order valence-corrected chi connectivity index (χ0v) is 13.6. The van der Waals surface area contributed by atoms with Crippen molar-refractivity contribution >= 4 is 27.5 Å². The zero-order chi connectivity index (χ0) is 14.1. The van der Waals surface area contributed by atoms with E-state index in [0.29, 0.717) is 6.42 Å². The summed E-state index contributed by atoms with van der Waals surface area (Å²) in [5, 5.41) is 2.96. The minimum atomic E-state index is 0.119. The zero-order valence-electron chi connectivity index (χ0n) is 12.0. The van der Waals surface area contributed by atoms with Gasteiger partial charge in [0.05, 0.1) is 0 Å². The maximum atomic E-state index is 11.8. The number of carbonyl (C=O) groups excluding carboxylic acids is 1. The summed E-state index contributed by atoms with van der Waals surface area (Å²) < 4.78 is 1.00. The lowest BCUT2D eigenvalue weighted by molar-refractivity contribution is -0.116. The third-order valence-electron chi connectivity index (χ3n) is 3.08. The minimum absolute atomic E-state index is 0.119. The average Bonchev–Trinajstić information content (AvgIpc) is 2.32. The summed E-state index contributed by atoms with van der Waals surface area (Å²) in [5.74, 6) is 0.119.